The minimum absolute atomic E-state index is 0.137. The van der Waals surface area contributed by atoms with E-state index in [2.05, 4.69) is 84.6 Å². The molecule has 5 aromatic rings. The van der Waals surface area contributed by atoms with Crippen molar-refractivity contribution in [3.05, 3.63) is 106 Å². The van der Waals surface area contributed by atoms with Gasteiger partial charge in [0.2, 0.25) is 5.95 Å². The number of carbonyl (C=O) groups excluding carboxylic acids is 1. The van der Waals surface area contributed by atoms with Gasteiger partial charge in [-0.3, -0.25) is 13.9 Å². The number of ether oxygens (including phenoxy) is 1. The molecule has 1 amide bonds. The molecule has 12 heteroatoms. The number of nitrogens with zero attached hydrogens (tertiary/aromatic N) is 4. The van der Waals surface area contributed by atoms with Crippen LogP contribution in [0, 0.1) is 12.7 Å². The Morgan fingerprint density at radius 1 is 1.08 bits per heavy atom. The number of halogens is 1. The Morgan fingerprint density at radius 3 is 2.29 bits per heavy atom. The van der Waals surface area contributed by atoms with Gasteiger partial charge in [-0.1, -0.05) is 81.4 Å². The first-order valence-corrected chi connectivity index (χ1v) is 18.0. The highest BCUT2D eigenvalue weighted by Crippen LogP contribution is 2.37. The van der Waals surface area contributed by atoms with Gasteiger partial charge in [0.05, 0.1) is 37.1 Å². The van der Waals surface area contributed by atoms with E-state index in [1.54, 1.807) is 24.7 Å². The second kappa shape index (κ2) is 13.1. The summed E-state index contributed by atoms with van der Waals surface area (Å²) < 4.78 is 31.2. The average Bonchev–Trinajstić information content (AvgIpc) is 3.31. The molecule has 0 bridgehead atoms. The summed E-state index contributed by atoms with van der Waals surface area (Å²) >= 11 is 0. The third kappa shape index (κ3) is 6.06. The van der Waals surface area contributed by atoms with Gasteiger partial charge < -0.3 is 20.2 Å². The van der Waals surface area contributed by atoms with Crippen molar-refractivity contribution in [2.45, 2.75) is 57.7 Å². The van der Waals surface area contributed by atoms with Gasteiger partial charge in [-0.2, -0.15) is 4.98 Å². The van der Waals surface area contributed by atoms with E-state index < -0.39 is 20.0 Å². The monoisotopic (exact) mass is 668 g/mol. The number of benzene rings is 3. The summed E-state index contributed by atoms with van der Waals surface area (Å²) in [6.07, 6.45) is 2.82. The number of fused-ring (bicyclic) bond motifs is 1. The molecule has 1 saturated heterocycles. The van der Waals surface area contributed by atoms with Crippen LogP contribution >= 0.6 is 0 Å². The van der Waals surface area contributed by atoms with Gasteiger partial charge in [-0.25, -0.2) is 14.2 Å². The molecule has 6 rings (SSSR count). The number of anilines is 2. The maximum atomic E-state index is 14.5. The van der Waals surface area contributed by atoms with E-state index in [1.807, 2.05) is 12.1 Å². The smallest absolute Gasteiger partial charge is 0.330 e. The molecule has 2 atom stereocenters. The zero-order chi connectivity index (χ0) is 34.2. The third-order valence-corrected chi connectivity index (χ3v) is 14.3. The predicted octanol–water partition coefficient (Wildman–Crippen LogP) is 4.72. The maximum Gasteiger partial charge on any atom is 0.330 e. The Balaban J connectivity index is 1.23. The predicted molar refractivity (Wildman–Crippen MR) is 187 cm³/mol. The molecular weight excluding hydrogens is 628 g/mol. The van der Waals surface area contributed by atoms with Crippen LogP contribution in [0.1, 0.15) is 55.6 Å². The molecule has 1 aliphatic rings. The van der Waals surface area contributed by atoms with Crippen molar-refractivity contribution >= 4 is 47.4 Å². The van der Waals surface area contributed by atoms with Crippen molar-refractivity contribution in [1.29, 1.82) is 0 Å². The summed E-state index contributed by atoms with van der Waals surface area (Å²) in [6, 6.07) is 23.4. The standard InChI is InChI=1S/C36H41FN6O4Si/c1-23-18-28(32(38)44)29(37)19-30(23)40-34-39-20-31-33(41-34)43(35(45)42(31)5)24-16-17-25(46-21-24)22-47-48(36(2,3)4,26-12-8-6-9-13-26)27-14-10-7-11-15-27/h6-15,18-20,24-25H,16-17,21-22H2,1-5H3,(H2,38,44)(H,39,40,41). The molecule has 1 aliphatic heterocycles. The molecule has 2 aromatic heterocycles. The van der Waals surface area contributed by atoms with Crippen LogP contribution in [-0.4, -0.2) is 52.6 Å². The number of hydrogen-bond donors (Lipinski definition) is 2. The summed E-state index contributed by atoms with van der Waals surface area (Å²) in [5.41, 5.74) is 6.85. The molecule has 2 unspecified atom stereocenters. The molecule has 250 valence electrons. The second-order valence-corrected chi connectivity index (χ2v) is 17.7. The quantitative estimate of drug-likeness (QED) is 0.218. The molecule has 3 N–H and O–H groups in total. The molecule has 1 fully saturated rings. The van der Waals surface area contributed by atoms with Gasteiger partial charge in [-0.15, -0.1) is 0 Å². The van der Waals surface area contributed by atoms with Gasteiger partial charge in [0.15, 0.2) is 5.65 Å². The average molecular weight is 669 g/mol. The lowest BCUT2D eigenvalue weighted by molar-refractivity contribution is -0.0355. The molecule has 0 aliphatic carbocycles. The van der Waals surface area contributed by atoms with Gasteiger partial charge in [0, 0.05) is 12.7 Å². The van der Waals surface area contributed by atoms with Gasteiger partial charge in [0.1, 0.15) is 11.3 Å². The summed E-state index contributed by atoms with van der Waals surface area (Å²) in [4.78, 5) is 34.1. The number of hydrogen-bond acceptors (Lipinski definition) is 7. The van der Waals surface area contributed by atoms with Crippen molar-refractivity contribution in [2.75, 3.05) is 18.5 Å². The zero-order valence-electron chi connectivity index (χ0n) is 27.9. The molecule has 0 spiro atoms. The number of carbonyl (C=O) groups is 1. The first-order chi connectivity index (χ1) is 22.9. The van der Waals surface area contributed by atoms with Gasteiger partial charge in [-0.05, 0) is 52.9 Å². The molecule has 0 radical (unpaired) electrons. The minimum Gasteiger partial charge on any atom is -0.405 e. The maximum absolute atomic E-state index is 14.5. The fourth-order valence-corrected chi connectivity index (χ4v) is 11.3. The Morgan fingerprint density at radius 2 is 1.73 bits per heavy atom. The summed E-state index contributed by atoms with van der Waals surface area (Å²) in [6.45, 7) is 9.23. The van der Waals surface area contributed by atoms with Gasteiger partial charge in [0.25, 0.3) is 14.2 Å². The zero-order valence-corrected chi connectivity index (χ0v) is 28.9. The van der Waals surface area contributed by atoms with E-state index in [0.29, 0.717) is 48.5 Å². The number of imidazole rings is 1. The van der Waals surface area contributed by atoms with Crippen molar-refractivity contribution < 1.29 is 18.3 Å². The van der Waals surface area contributed by atoms with Gasteiger partial charge >= 0.3 is 5.69 Å². The lowest BCUT2D eigenvalue weighted by atomic mass is 10.1. The van der Waals surface area contributed by atoms with Crippen LogP contribution in [0.3, 0.4) is 0 Å². The molecule has 3 heterocycles. The molecule has 48 heavy (non-hydrogen) atoms. The van der Waals surface area contributed by atoms with E-state index >= 15 is 0 Å². The second-order valence-electron chi connectivity index (χ2n) is 13.4. The topological polar surface area (TPSA) is 126 Å². The van der Waals surface area contributed by atoms with Crippen LogP contribution in [-0.2, 0) is 16.2 Å². The number of nitrogens with one attached hydrogen (secondary N) is 1. The Hall–Kier alpha value is -4.65. The number of nitrogens with two attached hydrogens (primary N) is 1. The van der Waals surface area contributed by atoms with Crippen LogP contribution < -0.4 is 27.1 Å². The highest BCUT2D eigenvalue weighted by atomic mass is 28.4. The van der Waals surface area contributed by atoms with E-state index in [1.165, 1.54) is 27.1 Å². The first kappa shape index (κ1) is 33.3. The normalized spacial score (nSPS) is 17.0. The van der Waals surface area contributed by atoms with Crippen molar-refractivity contribution in [2.24, 2.45) is 12.8 Å². The number of rotatable bonds is 9. The number of aromatic nitrogens is 4. The SMILES string of the molecule is Cc1cc(C(N)=O)c(F)cc1Nc1ncc2c(n1)n(C1CCC(CO[Si](c3ccccc3)(c3ccccc3)C(C)(C)C)OC1)c(=O)n2C. The highest BCUT2D eigenvalue weighted by molar-refractivity contribution is 6.99. The van der Waals surface area contributed by atoms with Crippen LogP contribution in [0.2, 0.25) is 5.04 Å². The summed E-state index contributed by atoms with van der Waals surface area (Å²) in [5.74, 6) is -1.41. The van der Waals surface area contributed by atoms with Crippen LogP contribution in [0.4, 0.5) is 16.0 Å². The van der Waals surface area contributed by atoms with E-state index in [-0.39, 0.29) is 34.4 Å². The summed E-state index contributed by atoms with van der Waals surface area (Å²) in [7, 11) is -1.04. The van der Waals surface area contributed by atoms with E-state index in [9.17, 15) is 14.0 Å². The van der Waals surface area contributed by atoms with Crippen molar-refractivity contribution in [3.8, 4) is 0 Å². The molecule has 3 aromatic carbocycles. The fourth-order valence-electron chi connectivity index (χ4n) is 6.76. The van der Waals surface area contributed by atoms with Crippen molar-refractivity contribution in [1.82, 2.24) is 19.1 Å². The lowest BCUT2D eigenvalue weighted by Crippen LogP contribution is -2.67. The Bertz CT molecular complexity index is 1960. The number of primary amides is 1. The van der Waals surface area contributed by atoms with E-state index in [4.69, 9.17) is 14.9 Å². The Kier molecular flexibility index (Phi) is 9.07. The van der Waals surface area contributed by atoms with Crippen LogP contribution in [0.5, 0.6) is 0 Å². The fraction of sp³-hybridized carbons (Fsp3) is 0.333. The molecular formula is C36H41FN6O4Si. The minimum atomic E-state index is -2.72. The molecule has 10 nitrogen and oxygen atoms in total. The number of amides is 1. The highest BCUT2D eigenvalue weighted by Gasteiger charge is 2.50. The third-order valence-electron chi connectivity index (χ3n) is 9.27. The number of aryl methyl sites for hydroxylation is 2. The van der Waals surface area contributed by atoms with Crippen LogP contribution in [0.15, 0.2) is 83.8 Å². The first-order valence-electron chi connectivity index (χ1n) is 16.1. The Labute approximate surface area is 279 Å². The van der Waals surface area contributed by atoms with Crippen LogP contribution in [0.25, 0.3) is 11.2 Å². The molecule has 0 saturated carbocycles. The largest absolute Gasteiger partial charge is 0.405 e. The van der Waals surface area contributed by atoms with E-state index in [0.717, 1.165) is 0 Å². The lowest BCUT2D eigenvalue weighted by Gasteiger charge is -2.44. The summed E-state index contributed by atoms with van der Waals surface area (Å²) in [5, 5.41) is 5.30. The van der Waals surface area contributed by atoms with Crippen molar-refractivity contribution in [3.63, 3.8) is 0 Å².